The Morgan fingerprint density at radius 1 is 1.60 bits per heavy atom. The van der Waals surface area contributed by atoms with Crippen molar-refractivity contribution in [2.45, 2.75) is 19.8 Å². The topological polar surface area (TPSA) is 27.7 Å². The van der Waals surface area contributed by atoms with E-state index in [1.807, 2.05) is 6.92 Å². The minimum Gasteiger partial charge on any atom is -0.448 e. The third-order valence-corrected chi connectivity index (χ3v) is 1.07. The first-order valence-corrected chi connectivity index (χ1v) is 3.16. The average molecular weight is 146 g/mol. The van der Waals surface area contributed by atoms with Crippen LogP contribution in [0.3, 0.4) is 0 Å². The van der Waals surface area contributed by atoms with E-state index in [-0.39, 0.29) is 0 Å². The van der Waals surface area contributed by atoms with E-state index in [1.54, 1.807) is 6.92 Å². The molecule has 60 valence electrons. The molecule has 0 amide bonds. The molecule has 0 aliphatic carbocycles. The summed E-state index contributed by atoms with van der Waals surface area (Å²) >= 11 is 0. The molecule has 0 bridgehead atoms. The fraction of sp³-hybridized carbons (Fsp3) is 0.714. The summed E-state index contributed by atoms with van der Waals surface area (Å²) in [4.78, 5) is 0. The van der Waals surface area contributed by atoms with E-state index in [4.69, 9.17) is 14.2 Å². The van der Waals surface area contributed by atoms with Crippen LogP contribution in [0, 0.1) is 0 Å². The van der Waals surface area contributed by atoms with Gasteiger partial charge in [-0.15, -0.1) is 0 Å². The quantitative estimate of drug-likeness (QED) is 0.434. The molecule has 1 unspecified atom stereocenters. The highest BCUT2D eigenvalue weighted by Gasteiger charge is 2.23. The van der Waals surface area contributed by atoms with Crippen LogP contribution in [0.1, 0.15) is 13.8 Å². The molecule has 10 heavy (non-hydrogen) atoms. The zero-order chi connectivity index (χ0) is 8.04. The van der Waals surface area contributed by atoms with Gasteiger partial charge in [-0.05, 0) is 6.92 Å². The van der Waals surface area contributed by atoms with E-state index in [2.05, 4.69) is 6.58 Å². The highest BCUT2D eigenvalue weighted by Crippen LogP contribution is 2.12. The number of rotatable bonds is 5. The lowest BCUT2D eigenvalue weighted by Gasteiger charge is -2.25. The third kappa shape index (κ3) is 2.85. The van der Waals surface area contributed by atoms with Crippen LogP contribution in [0.5, 0.6) is 0 Å². The van der Waals surface area contributed by atoms with Crippen molar-refractivity contribution in [1.29, 1.82) is 0 Å². The van der Waals surface area contributed by atoms with Gasteiger partial charge in [0, 0.05) is 14.0 Å². The van der Waals surface area contributed by atoms with Crippen molar-refractivity contribution in [2.75, 3.05) is 13.7 Å². The Morgan fingerprint density at radius 2 is 2.20 bits per heavy atom. The van der Waals surface area contributed by atoms with Gasteiger partial charge in [0.15, 0.2) is 0 Å². The van der Waals surface area contributed by atoms with E-state index in [0.717, 1.165) is 0 Å². The van der Waals surface area contributed by atoms with E-state index < -0.39 is 5.97 Å². The standard InChI is InChI=1S/C7H14O3/c1-5-9-7(3,8-4)10-6-2/h5H,1,6H2,2-4H3. The molecule has 0 fully saturated rings. The maximum atomic E-state index is 5.10. The lowest BCUT2D eigenvalue weighted by molar-refractivity contribution is -0.338. The van der Waals surface area contributed by atoms with Gasteiger partial charge in [-0.3, -0.25) is 0 Å². The Hall–Kier alpha value is -0.540. The Morgan fingerprint density at radius 3 is 2.50 bits per heavy atom. The van der Waals surface area contributed by atoms with Gasteiger partial charge >= 0.3 is 5.97 Å². The molecule has 0 radical (unpaired) electrons. The maximum Gasteiger partial charge on any atom is 0.323 e. The van der Waals surface area contributed by atoms with Crippen LogP contribution >= 0.6 is 0 Å². The average Bonchev–Trinajstić information content (AvgIpc) is 1.89. The van der Waals surface area contributed by atoms with Gasteiger partial charge in [-0.25, -0.2) is 0 Å². The van der Waals surface area contributed by atoms with Crippen LogP contribution in [0.2, 0.25) is 0 Å². The minimum absolute atomic E-state index is 0.540. The lowest BCUT2D eigenvalue weighted by atomic mass is 10.6. The summed E-state index contributed by atoms with van der Waals surface area (Å²) in [5.41, 5.74) is 0. The molecule has 0 heterocycles. The summed E-state index contributed by atoms with van der Waals surface area (Å²) in [7, 11) is 1.51. The predicted octanol–water partition coefficient (Wildman–Crippen LogP) is 1.50. The second-order valence-corrected chi connectivity index (χ2v) is 1.78. The largest absolute Gasteiger partial charge is 0.448 e. The number of ether oxygens (including phenoxy) is 3. The Bertz CT molecular complexity index is 103. The highest BCUT2D eigenvalue weighted by atomic mass is 16.9. The molecule has 0 N–H and O–H groups in total. The number of hydrogen-bond acceptors (Lipinski definition) is 3. The Kier molecular flexibility index (Phi) is 4.07. The summed E-state index contributed by atoms with van der Waals surface area (Å²) in [6.45, 7) is 7.48. The fourth-order valence-electron chi connectivity index (χ4n) is 0.555. The van der Waals surface area contributed by atoms with Crippen molar-refractivity contribution >= 4 is 0 Å². The van der Waals surface area contributed by atoms with Crippen LogP contribution in [-0.4, -0.2) is 19.7 Å². The first-order chi connectivity index (χ1) is 4.68. The molecule has 0 saturated carbocycles. The van der Waals surface area contributed by atoms with Crippen molar-refractivity contribution in [3.63, 3.8) is 0 Å². The van der Waals surface area contributed by atoms with E-state index in [1.165, 1.54) is 13.4 Å². The van der Waals surface area contributed by atoms with Gasteiger partial charge in [-0.1, -0.05) is 6.58 Å². The Balaban J connectivity index is 3.80. The van der Waals surface area contributed by atoms with E-state index >= 15 is 0 Å². The minimum atomic E-state index is -0.976. The summed E-state index contributed by atoms with van der Waals surface area (Å²) in [5.74, 6) is -0.976. The second kappa shape index (κ2) is 4.30. The van der Waals surface area contributed by atoms with E-state index in [9.17, 15) is 0 Å². The third-order valence-electron chi connectivity index (χ3n) is 1.07. The molecule has 0 saturated heterocycles. The summed E-state index contributed by atoms with van der Waals surface area (Å²) < 4.78 is 14.9. The first kappa shape index (κ1) is 9.46. The molecule has 0 aliphatic rings. The van der Waals surface area contributed by atoms with Crippen LogP contribution < -0.4 is 0 Å². The van der Waals surface area contributed by atoms with Gasteiger partial charge in [0.1, 0.15) is 0 Å². The molecule has 0 aliphatic heterocycles. The predicted molar refractivity (Wildman–Crippen MR) is 38.3 cm³/mol. The SMILES string of the molecule is C=COC(C)(OC)OCC. The molecule has 0 aromatic heterocycles. The van der Waals surface area contributed by atoms with Crippen molar-refractivity contribution in [1.82, 2.24) is 0 Å². The first-order valence-electron chi connectivity index (χ1n) is 3.16. The van der Waals surface area contributed by atoms with Crippen molar-refractivity contribution in [2.24, 2.45) is 0 Å². The molecule has 3 nitrogen and oxygen atoms in total. The maximum absolute atomic E-state index is 5.10. The summed E-state index contributed by atoms with van der Waals surface area (Å²) in [6.07, 6.45) is 1.29. The van der Waals surface area contributed by atoms with Crippen molar-refractivity contribution in [3.05, 3.63) is 12.8 Å². The van der Waals surface area contributed by atoms with Crippen LogP contribution in [0.15, 0.2) is 12.8 Å². The van der Waals surface area contributed by atoms with Crippen LogP contribution in [-0.2, 0) is 14.2 Å². The van der Waals surface area contributed by atoms with Gasteiger partial charge in [0.05, 0.1) is 12.9 Å². The van der Waals surface area contributed by atoms with Gasteiger partial charge in [-0.2, -0.15) is 0 Å². The second-order valence-electron chi connectivity index (χ2n) is 1.78. The number of methoxy groups -OCH3 is 1. The van der Waals surface area contributed by atoms with Crippen LogP contribution in [0.25, 0.3) is 0 Å². The molecular weight excluding hydrogens is 132 g/mol. The van der Waals surface area contributed by atoms with Gasteiger partial charge in [0.25, 0.3) is 0 Å². The molecule has 1 atom stereocenters. The van der Waals surface area contributed by atoms with Gasteiger partial charge < -0.3 is 14.2 Å². The summed E-state index contributed by atoms with van der Waals surface area (Å²) in [5, 5.41) is 0. The molecule has 3 heteroatoms. The lowest BCUT2D eigenvalue weighted by Crippen LogP contribution is -2.32. The van der Waals surface area contributed by atoms with Crippen molar-refractivity contribution in [3.8, 4) is 0 Å². The van der Waals surface area contributed by atoms with Crippen LogP contribution in [0.4, 0.5) is 0 Å². The molecule has 0 spiro atoms. The highest BCUT2D eigenvalue weighted by molar-refractivity contribution is 4.55. The summed E-state index contributed by atoms with van der Waals surface area (Å²) in [6, 6.07) is 0. The Labute approximate surface area is 61.6 Å². The fourth-order valence-corrected chi connectivity index (χ4v) is 0.555. The normalized spacial score (nSPS) is 15.9. The molecule has 0 aromatic rings. The molecule has 0 aromatic carbocycles. The smallest absolute Gasteiger partial charge is 0.323 e. The van der Waals surface area contributed by atoms with Crippen molar-refractivity contribution < 1.29 is 14.2 Å². The zero-order valence-corrected chi connectivity index (χ0v) is 6.72. The number of hydrogen-bond donors (Lipinski definition) is 0. The monoisotopic (exact) mass is 146 g/mol. The van der Waals surface area contributed by atoms with E-state index in [0.29, 0.717) is 6.61 Å². The van der Waals surface area contributed by atoms with Gasteiger partial charge in [0.2, 0.25) is 0 Å². The molecular formula is C7H14O3. The molecule has 0 rings (SSSR count). The zero-order valence-electron chi connectivity index (χ0n) is 6.72.